The van der Waals surface area contributed by atoms with Crippen molar-refractivity contribution in [1.29, 1.82) is 0 Å². The molecule has 0 bridgehead atoms. The van der Waals surface area contributed by atoms with E-state index in [1.807, 2.05) is 36.4 Å². The maximum Gasteiger partial charge on any atom is 0.411 e. The molecule has 0 fully saturated rings. The summed E-state index contributed by atoms with van der Waals surface area (Å²) in [5, 5.41) is 9.18. The van der Waals surface area contributed by atoms with Crippen molar-refractivity contribution < 1.29 is 14.3 Å². The third kappa shape index (κ3) is 6.89. The maximum absolute atomic E-state index is 11.2. The first-order valence-corrected chi connectivity index (χ1v) is 8.66. The number of rotatable bonds is 7. The van der Waals surface area contributed by atoms with Gasteiger partial charge < -0.3 is 20.1 Å². The summed E-state index contributed by atoms with van der Waals surface area (Å²) in [6.45, 7) is 1.40. The van der Waals surface area contributed by atoms with Crippen molar-refractivity contribution in [3.8, 4) is 5.75 Å². The Morgan fingerprint density at radius 1 is 0.963 bits per heavy atom. The summed E-state index contributed by atoms with van der Waals surface area (Å²) in [5.74, 6) is 1.59. The number of nitrogens with zero attached hydrogens (tertiary/aromatic N) is 1. The largest absolute Gasteiger partial charge is 0.497 e. The lowest BCUT2D eigenvalue weighted by Crippen LogP contribution is -2.37. The zero-order valence-corrected chi connectivity index (χ0v) is 15.9. The molecule has 27 heavy (non-hydrogen) atoms. The van der Waals surface area contributed by atoms with Gasteiger partial charge in [0.25, 0.3) is 0 Å². The average molecular weight is 370 g/mol. The first-order chi connectivity index (χ1) is 13.1. The Morgan fingerprint density at radius 2 is 1.63 bits per heavy atom. The summed E-state index contributed by atoms with van der Waals surface area (Å²) >= 11 is 0. The number of carbonyl (C=O) groups is 1. The second-order valence-electron chi connectivity index (χ2n) is 5.76. The molecule has 0 heterocycles. The Bertz CT molecular complexity index is 743. The van der Waals surface area contributed by atoms with Crippen molar-refractivity contribution in [1.82, 2.24) is 10.6 Å². The van der Waals surface area contributed by atoms with Crippen LogP contribution in [-0.4, -0.2) is 39.9 Å². The van der Waals surface area contributed by atoms with Gasteiger partial charge in [0.05, 0.1) is 14.2 Å². The fourth-order valence-electron chi connectivity index (χ4n) is 2.40. The molecule has 0 atom stereocenters. The lowest BCUT2D eigenvalue weighted by atomic mass is 10.1. The summed E-state index contributed by atoms with van der Waals surface area (Å²) < 4.78 is 9.73. The molecule has 0 radical (unpaired) electrons. The predicted octanol–water partition coefficient (Wildman–Crippen LogP) is 2.78. The quantitative estimate of drug-likeness (QED) is 0.516. The van der Waals surface area contributed by atoms with Crippen LogP contribution in [0.5, 0.6) is 5.75 Å². The normalized spacial score (nSPS) is 10.9. The Morgan fingerprint density at radius 3 is 2.22 bits per heavy atom. The van der Waals surface area contributed by atoms with Crippen LogP contribution in [0.2, 0.25) is 0 Å². The van der Waals surface area contributed by atoms with Gasteiger partial charge >= 0.3 is 6.09 Å². The van der Waals surface area contributed by atoms with Gasteiger partial charge in [0.15, 0.2) is 5.96 Å². The van der Waals surface area contributed by atoms with Gasteiger partial charge in [0, 0.05) is 25.8 Å². The van der Waals surface area contributed by atoms with Gasteiger partial charge in [-0.05, 0) is 41.8 Å². The molecule has 0 aliphatic carbocycles. The molecule has 2 aromatic carbocycles. The number of amides is 1. The average Bonchev–Trinajstić information content (AvgIpc) is 2.72. The zero-order valence-electron chi connectivity index (χ0n) is 15.9. The Labute approximate surface area is 159 Å². The molecule has 0 spiro atoms. The van der Waals surface area contributed by atoms with Crippen LogP contribution in [-0.2, 0) is 17.7 Å². The Hall–Kier alpha value is -3.22. The van der Waals surface area contributed by atoms with Crippen LogP contribution in [0, 0.1) is 0 Å². The first-order valence-electron chi connectivity index (χ1n) is 8.66. The van der Waals surface area contributed by atoms with E-state index in [1.165, 1.54) is 12.7 Å². The highest BCUT2D eigenvalue weighted by Crippen LogP contribution is 2.11. The fraction of sp³-hybridized carbons (Fsp3) is 0.300. The molecule has 7 nitrogen and oxygen atoms in total. The molecule has 2 aromatic rings. The molecule has 144 valence electrons. The highest BCUT2D eigenvalue weighted by Gasteiger charge is 2.02. The smallest absolute Gasteiger partial charge is 0.411 e. The molecule has 7 heteroatoms. The standard InChI is InChI=1S/C20H26N4O3/c1-21-19(22-13-12-15-6-10-18(26-2)11-7-15)23-14-16-4-8-17(9-5-16)24-20(25)27-3/h4-11H,12-14H2,1-3H3,(H,24,25)(H2,21,22,23). The fourth-order valence-corrected chi connectivity index (χ4v) is 2.40. The molecular weight excluding hydrogens is 344 g/mol. The molecular formula is C20H26N4O3. The molecule has 0 aliphatic rings. The minimum absolute atomic E-state index is 0.484. The summed E-state index contributed by atoms with van der Waals surface area (Å²) in [6.07, 6.45) is 0.404. The minimum atomic E-state index is -0.484. The monoisotopic (exact) mass is 370 g/mol. The van der Waals surface area contributed by atoms with E-state index in [2.05, 4.69) is 37.8 Å². The summed E-state index contributed by atoms with van der Waals surface area (Å²) in [5.41, 5.74) is 2.99. The highest BCUT2D eigenvalue weighted by molar-refractivity contribution is 5.84. The lowest BCUT2D eigenvalue weighted by Gasteiger charge is -2.12. The van der Waals surface area contributed by atoms with Gasteiger partial charge in [-0.25, -0.2) is 4.79 Å². The summed E-state index contributed by atoms with van der Waals surface area (Å²) in [4.78, 5) is 15.4. The molecule has 2 rings (SSSR count). The van der Waals surface area contributed by atoms with Crippen LogP contribution in [0.4, 0.5) is 10.5 Å². The molecule has 0 unspecified atom stereocenters. The number of carbonyl (C=O) groups excluding carboxylic acids is 1. The summed E-state index contributed by atoms with van der Waals surface area (Å²) in [7, 11) is 4.74. The second-order valence-corrected chi connectivity index (χ2v) is 5.76. The molecule has 1 amide bonds. The molecule has 0 aromatic heterocycles. The number of anilines is 1. The molecule has 0 aliphatic heterocycles. The van der Waals surface area contributed by atoms with E-state index in [0.29, 0.717) is 12.2 Å². The number of ether oxygens (including phenoxy) is 2. The topological polar surface area (TPSA) is 84.0 Å². The number of methoxy groups -OCH3 is 2. The van der Waals surface area contributed by atoms with Crippen molar-refractivity contribution in [3.05, 3.63) is 59.7 Å². The van der Waals surface area contributed by atoms with Crippen molar-refractivity contribution in [2.45, 2.75) is 13.0 Å². The number of aliphatic imine (C=N–C) groups is 1. The number of benzene rings is 2. The third-order valence-corrected chi connectivity index (χ3v) is 3.93. The van der Waals surface area contributed by atoms with Crippen LogP contribution in [0.3, 0.4) is 0 Å². The van der Waals surface area contributed by atoms with E-state index < -0.39 is 6.09 Å². The van der Waals surface area contributed by atoms with Crippen LogP contribution >= 0.6 is 0 Å². The van der Waals surface area contributed by atoms with Gasteiger partial charge in [-0.3, -0.25) is 10.3 Å². The highest BCUT2D eigenvalue weighted by atomic mass is 16.5. The van der Waals surface area contributed by atoms with E-state index in [0.717, 1.165) is 30.2 Å². The summed E-state index contributed by atoms with van der Waals surface area (Å²) in [6, 6.07) is 15.6. The van der Waals surface area contributed by atoms with Crippen molar-refractivity contribution in [2.75, 3.05) is 33.1 Å². The third-order valence-electron chi connectivity index (χ3n) is 3.93. The van der Waals surface area contributed by atoms with E-state index in [1.54, 1.807) is 14.2 Å². The van der Waals surface area contributed by atoms with Crippen LogP contribution in [0.15, 0.2) is 53.5 Å². The van der Waals surface area contributed by atoms with E-state index >= 15 is 0 Å². The van der Waals surface area contributed by atoms with Crippen molar-refractivity contribution in [3.63, 3.8) is 0 Å². The zero-order chi connectivity index (χ0) is 19.5. The van der Waals surface area contributed by atoms with Gasteiger partial charge in [0.1, 0.15) is 5.75 Å². The van der Waals surface area contributed by atoms with Crippen molar-refractivity contribution in [2.24, 2.45) is 4.99 Å². The van der Waals surface area contributed by atoms with E-state index in [-0.39, 0.29) is 0 Å². The lowest BCUT2D eigenvalue weighted by molar-refractivity contribution is 0.187. The van der Waals surface area contributed by atoms with Gasteiger partial charge in [-0.15, -0.1) is 0 Å². The second kappa shape index (κ2) is 10.7. The maximum atomic E-state index is 11.2. The van der Waals surface area contributed by atoms with E-state index in [9.17, 15) is 4.79 Å². The SMILES string of the molecule is CN=C(NCCc1ccc(OC)cc1)NCc1ccc(NC(=O)OC)cc1. The van der Waals surface area contributed by atoms with Gasteiger partial charge in [0.2, 0.25) is 0 Å². The Balaban J connectivity index is 1.75. The molecule has 3 N–H and O–H groups in total. The Kier molecular flexibility index (Phi) is 7.96. The van der Waals surface area contributed by atoms with E-state index in [4.69, 9.17) is 4.74 Å². The number of nitrogens with one attached hydrogen (secondary N) is 3. The molecule has 0 saturated carbocycles. The van der Waals surface area contributed by atoms with Crippen LogP contribution in [0.1, 0.15) is 11.1 Å². The van der Waals surface area contributed by atoms with Crippen molar-refractivity contribution >= 4 is 17.7 Å². The van der Waals surface area contributed by atoms with Crippen LogP contribution in [0.25, 0.3) is 0 Å². The number of hydrogen-bond donors (Lipinski definition) is 3. The van der Waals surface area contributed by atoms with Gasteiger partial charge in [-0.2, -0.15) is 0 Å². The predicted molar refractivity (Wildman–Crippen MR) is 107 cm³/mol. The minimum Gasteiger partial charge on any atom is -0.497 e. The molecule has 0 saturated heterocycles. The first kappa shape index (κ1) is 20.1. The number of guanidine groups is 1. The van der Waals surface area contributed by atoms with Gasteiger partial charge in [-0.1, -0.05) is 24.3 Å². The number of hydrogen-bond acceptors (Lipinski definition) is 4. The van der Waals surface area contributed by atoms with Crippen LogP contribution < -0.4 is 20.7 Å².